The van der Waals surface area contributed by atoms with Gasteiger partial charge < -0.3 is 4.90 Å². The van der Waals surface area contributed by atoms with E-state index in [1.165, 1.54) is 0 Å². The highest BCUT2D eigenvalue weighted by atomic mass is 35.5. The number of aromatic nitrogens is 1. The Bertz CT molecular complexity index is 559. The third-order valence-corrected chi connectivity index (χ3v) is 5.47. The summed E-state index contributed by atoms with van der Waals surface area (Å²) in [6, 6.07) is 2.58. The third kappa shape index (κ3) is 3.84. The van der Waals surface area contributed by atoms with E-state index >= 15 is 0 Å². The highest BCUT2D eigenvalue weighted by Crippen LogP contribution is 2.26. The zero-order valence-electron chi connectivity index (χ0n) is 13.9. The smallest absolute Gasteiger partial charge is 0.219 e. The Kier molecular flexibility index (Phi) is 5.19. The molecule has 126 valence electrons. The van der Waals surface area contributed by atoms with Crippen LogP contribution in [0.4, 0.5) is 0 Å². The molecule has 2 atom stereocenters. The molecule has 0 N–H and O–H groups in total. The second kappa shape index (κ2) is 7.16. The average molecular weight is 337 g/mol. The fraction of sp³-hybridized carbons (Fsp3) is 0.647. The Morgan fingerprint density at radius 2 is 2.04 bits per heavy atom. The van der Waals surface area contributed by atoms with Gasteiger partial charge in [-0.05, 0) is 17.5 Å². The Morgan fingerprint density at radius 1 is 1.30 bits per heavy atom. The minimum absolute atomic E-state index is 0.193. The molecule has 2 aliphatic heterocycles. The minimum atomic E-state index is 0.193. The maximum absolute atomic E-state index is 11.5. The lowest BCUT2D eigenvalue weighted by molar-refractivity contribution is -0.130. The number of piperazine rings is 1. The summed E-state index contributed by atoms with van der Waals surface area (Å²) < 4.78 is 0. The van der Waals surface area contributed by atoms with Crippen LogP contribution in [0.1, 0.15) is 19.4 Å². The zero-order valence-corrected chi connectivity index (χ0v) is 14.7. The van der Waals surface area contributed by atoms with Crippen LogP contribution in [0.25, 0.3) is 0 Å². The van der Waals surface area contributed by atoms with Gasteiger partial charge in [0, 0.05) is 71.2 Å². The molecule has 0 bridgehead atoms. The first kappa shape index (κ1) is 16.7. The number of rotatable bonds is 3. The molecule has 0 spiro atoms. The molecule has 23 heavy (non-hydrogen) atoms. The predicted octanol–water partition coefficient (Wildman–Crippen LogP) is 1.72. The number of carbonyl (C=O) groups is 1. The summed E-state index contributed by atoms with van der Waals surface area (Å²) in [6.45, 7) is 10.7. The lowest BCUT2D eigenvalue weighted by Gasteiger charge is -2.39. The van der Waals surface area contributed by atoms with Gasteiger partial charge in [-0.1, -0.05) is 18.5 Å². The molecular formula is C17H25ClN4O. The van der Waals surface area contributed by atoms with E-state index in [-0.39, 0.29) is 5.91 Å². The van der Waals surface area contributed by atoms with Crippen LogP contribution in [0.15, 0.2) is 18.5 Å². The summed E-state index contributed by atoms with van der Waals surface area (Å²) in [6.07, 6.45) is 3.52. The van der Waals surface area contributed by atoms with E-state index in [0.29, 0.717) is 12.0 Å². The molecule has 2 aliphatic rings. The van der Waals surface area contributed by atoms with Crippen LogP contribution in [-0.4, -0.2) is 70.9 Å². The SMILES string of the molecule is CC(=O)N1CCN(C2CN(Cc3ccncc3Cl)CC2C)CC1. The van der Waals surface area contributed by atoms with E-state index in [1.807, 2.05) is 11.0 Å². The van der Waals surface area contributed by atoms with Crippen molar-refractivity contribution in [2.45, 2.75) is 26.4 Å². The Balaban J connectivity index is 1.57. The van der Waals surface area contributed by atoms with Crippen LogP contribution >= 0.6 is 11.6 Å². The van der Waals surface area contributed by atoms with Crippen molar-refractivity contribution < 1.29 is 4.79 Å². The molecule has 0 radical (unpaired) electrons. The number of nitrogens with zero attached hydrogens (tertiary/aromatic N) is 4. The molecule has 3 heterocycles. The van der Waals surface area contributed by atoms with Crippen molar-refractivity contribution in [3.8, 4) is 0 Å². The molecule has 0 saturated carbocycles. The Labute approximate surface area is 143 Å². The van der Waals surface area contributed by atoms with Crippen LogP contribution in [-0.2, 0) is 11.3 Å². The number of carbonyl (C=O) groups excluding carboxylic acids is 1. The molecule has 2 fully saturated rings. The normalized spacial score (nSPS) is 26.7. The topological polar surface area (TPSA) is 39.7 Å². The summed E-state index contributed by atoms with van der Waals surface area (Å²) in [5, 5.41) is 0.749. The second-order valence-corrected chi connectivity index (χ2v) is 7.16. The van der Waals surface area contributed by atoms with Crippen LogP contribution in [0, 0.1) is 5.92 Å². The first-order chi connectivity index (χ1) is 11.0. The highest BCUT2D eigenvalue weighted by Gasteiger charge is 2.35. The van der Waals surface area contributed by atoms with Crippen LogP contribution < -0.4 is 0 Å². The van der Waals surface area contributed by atoms with Gasteiger partial charge in [-0.15, -0.1) is 0 Å². The molecule has 5 nitrogen and oxygen atoms in total. The lowest BCUT2D eigenvalue weighted by Crippen LogP contribution is -2.53. The molecule has 1 amide bonds. The van der Waals surface area contributed by atoms with Crippen molar-refractivity contribution in [2.24, 2.45) is 5.92 Å². The van der Waals surface area contributed by atoms with Crippen molar-refractivity contribution in [2.75, 3.05) is 39.3 Å². The maximum atomic E-state index is 11.5. The quantitative estimate of drug-likeness (QED) is 0.842. The van der Waals surface area contributed by atoms with Gasteiger partial charge in [0.05, 0.1) is 5.02 Å². The van der Waals surface area contributed by atoms with E-state index < -0.39 is 0 Å². The van der Waals surface area contributed by atoms with Gasteiger partial charge in [0.1, 0.15) is 0 Å². The largest absolute Gasteiger partial charge is 0.340 e. The molecule has 0 aliphatic carbocycles. The van der Waals surface area contributed by atoms with Crippen molar-refractivity contribution in [1.82, 2.24) is 19.7 Å². The van der Waals surface area contributed by atoms with Crippen LogP contribution in [0.3, 0.4) is 0 Å². The van der Waals surface area contributed by atoms with Gasteiger partial charge in [-0.3, -0.25) is 19.6 Å². The van der Waals surface area contributed by atoms with E-state index in [4.69, 9.17) is 11.6 Å². The van der Waals surface area contributed by atoms with E-state index in [2.05, 4.69) is 21.7 Å². The molecule has 6 heteroatoms. The number of hydrogen-bond donors (Lipinski definition) is 0. The van der Waals surface area contributed by atoms with Crippen LogP contribution in [0.2, 0.25) is 5.02 Å². The van der Waals surface area contributed by atoms with Crippen LogP contribution in [0.5, 0.6) is 0 Å². The fourth-order valence-electron chi connectivity index (χ4n) is 3.79. The first-order valence-corrected chi connectivity index (χ1v) is 8.72. The number of hydrogen-bond acceptors (Lipinski definition) is 4. The number of likely N-dealkylation sites (tertiary alicyclic amines) is 1. The highest BCUT2D eigenvalue weighted by molar-refractivity contribution is 6.31. The van der Waals surface area contributed by atoms with Gasteiger partial charge in [-0.25, -0.2) is 0 Å². The van der Waals surface area contributed by atoms with E-state index in [9.17, 15) is 4.79 Å². The summed E-state index contributed by atoms with van der Waals surface area (Å²) in [7, 11) is 0. The monoisotopic (exact) mass is 336 g/mol. The zero-order chi connectivity index (χ0) is 16.4. The molecule has 2 unspecified atom stereocenters. The molecule has 1 aromatic heterocycles. The summed E-state index contributed by atoms with van der Waals surface area (Å²) in [4.78, 5) is 22.5. The van der Waals surface area contributed by atoms with E-state index in [1.54, 1.807) is 19.3 Å². The molecule has 3 rings (SSSR count). The van der Waals surface area contributed by atoms with Gasteiger partial charge in [0.25, 0.3) is 0 Å². The number of amides is 1. The number of halogens is 1. The average Bonchev–Trinajstić information content (AvgIpc) is 2.90. The van der Waals surface area contributed by atoms with Gasteiger partial charge in [0.2, 0.25) is 5.91 Å². The van der Waals surface area contributed by atoms with Crippen molar-refractivity contribution in [1.29, 1.82) is 0 Å². The van der Waals surface area contributed by atoms with Crippen molar-refractivity contribution in [3.05, 3.63) is 29.0 Å². The molecule has 2 saturated heterocycles. The van der Waals surface area contributed by atoms with Crippen molar-refractivity contribution >= 4 is 17.5 Å². The lowest BCUT2D eigenvalue weighted by atomic mass is 10.0. The Morgan fingerprint density at radius 3 is 2.70 bits per heavy atom. The second-order valence-electron chi connectivity index (χ2n) is 6.75. The standard InChI is InChI=1S/C17H25ClN4O/c1-13-10-20(11-15-3-4-19-9-16(15)18)12-17(13)22-7-5-21(6-8-22)14(2)23/h3-4,9,13,17H,5-8,10-12H2,1-2H3. The predicted molar refractivity (Wildman–Crippen MR) is 91.3 cm³/mol. The summed E-state index contributed by atoms with van der Waals surface area (Å²) in [5.74, 6) is 0.831. The van der Waals surface area contributed by atoms with Gasteiger partial charge in [0.15, 0.2) is 0 Å². The third-order valence-electron chi connectivity index (χ3n) is 5.13. The molecule has 1 aromatic rings. The molecule has 0 aromatic carbocycles. The fourth-order valence-corrected chi connectivity index (χ4v) is 3.97. The first-order valence-electron chi connectivity index (χ1n) is 8.35. The Hall–Kier alpha value is -1.17. The maximum Gasteiger partial charge on any atom is 0.219 e. The van der Waals surface area contributed by atoms with Gasteiger partial charge >= 0.3 is 0 Å². The minimum Gasteiger partial charge on any atom is -0.340 e. The summed E-state index contributed by atoms with van der Waals surface area (Å²) in [5.41, 5.74) is 1.15. The molecular weight excluding hydrogens is 312 g/mol. The van der Waals surface area contributed by atoms with E-state index in [0.717, 1.165) is 56.4 Å². The van der Waals surface area contributed by atoms with Crippen molar-refractivity contribution in [3.63, 3.8) is 0 Å². The van der Waals surface area contributed by atoms with Gasteiger partial charge in [-0.2, -0.15) is 0 Å². The number of pyridine rings is 1. The summed E-state index contributed by atoms with van der Waals surface area (Å²) >= 11 is 6.23.